The third kappa shape index (κ3) is 5.04. The number of amides is 1. The molecule has 0 aliphatic heterocycles. The molecule has 0 saturated heterocycles. The Morgan fingerprint density at radius 3 is 2.32 bits per heavy atom. The zero-order valence-electron chi connectivity index (χ0n) is 14.7. The molecule has 0 spiro atoms. The molecule has 0 saturated carbocycles. The van der Waals surface area contributed by atoms with Crippen molar-refractivity contribution in [3.63, 3.8) is 0 Å². The lowest BCUT2D eigenvalue weighted by Crippen LogP contribution is -2.17. The van der Waals surface area contributed by atoms with Crippen molar-refractivity contribution in [3.05, 3.63) is 107 Å². The van der Waals surface area contributed by atoms with Crippen LogP contribution in [0.5, 0.6) is 0 Å². The number of pyridine rings is 1. The number of aromatic nitrogens is 1. The molecule has 1 heterocycles. The quantitative estimate of drug-likeness (QED) is 0.308. The van der Waals surface area contributed by atoms with E-state index in [0.717, 1.165) is 11.1 Å². The van der Waals surface area contributed by atoms with Crippen LogP contribution in [0.1, 0.15) is 31.8 Å². The fourth-order valence-corrected chi connectivity index (χ4v) is 2.35. The number of benzene rings is 2. The molecule has 0 unspecified atom stereocenters. The van der Waals surface area contributed by atoms with Crippen molar-refractivity contribution in [2.24, 2.45) is 5.10 Å². The molecule has 1 aromatic heterocycles. The molecule has 0 fully saturated rings. The lowest BCUT2D eigenvalue weighted by Gasteiger charge is -1.99. The van der Waals surface area contributed by atoms with Crippen LogP contribution >= 0.6 is 0 Å². The van der Waals surface area contributed by atoms with Crippen LogP contribution in [0.25, 0.3) is 6.08 Å². The summed E-state index contributed by atoms with van der Waals surface area (Å²) in [6.45, 7) is 0. The maximum Gasteiger partial charge on any atom is 0.271 e. The molecule has 2 aromatic carbocycles. The van der Waals surface area contributed by atoms with Crippen molar-refractivity contribution in [3.8, 4) is 0 Å². The van der Waals surface area contributed by atoms with Crippen LogP contribution in [0.4, 0.5) is 4.39 Å². The summed E-state index contributed by atoms with van der Waals surface area (Å²) in [5.41, 5.74) is 4.48. The molecule has 1 amide bonds. The lowest BCUT2D eigenvalue weighted by atomic mass is 10.1. The summed E-state index contributed by atoms with van der Waals surface area (Å²) in [5.74, 6) is -1.27. The largest absolute Gasteiger partial charge is 0.289 e. The van der Waals surface area contributed by atoms with Gasteiger partial charge >= 0.3 is 0 Å². The number of nitrogens with one attached hydrogen (secondary N) is 1. The predicted octanol–water partition coefficient (Wildman–Crippen LogP) is 3.88. The minimum Gasteiger partial charge on any atom is -0.289 e. The van der Waals surface area contributed by atoms with E-state index in [2.05, 4.69) is 15.5 Å². The van der Waals surface area contributed by atoms with E-state index in [-0.39, 0.29) is 11.5 Å². The number of carbonyl (C=O) groups excluding carboxylic acids is 2. The van der Waals surface area contributed by atoms with Gasteiger partial charge in [0.1, 0.15) is 5.82 Å². The highest BCUT2D eigenvalue weighted by molar-refractivity contribution is 6.07. The first-order chi connectivity index (χ1) is 13.6. The zero-order chi connectivity index (χ0) is 19.8. The van der Waals surface area contributed by atoms with Crippen molar-refractivity contribution < 1.29 is 14.0 Å². The van der Waals surface area contributed by atoms with Crippen LogP contribution in [0.2, 0.25) is 0 Å². The number of hydrogen-bond acceptors (Lipinski definition) is 4. The molecule has 0 radical (unpaired) electrons. The number of ketones is 1. The van der Waals surface area contributed by atoms with E-state index in [9.17, 15) is 14.0 Å². The van der Waals surface area contributed by atoms with Gasteiger partial charge in [0.25, 0.3) is 5.91 Å². The predicted molar refractivity (Wildman–Crippen MR) is 106 cm³/mol. The average molecular weight is 373 g/mol. The van der Waals surface area contributed by atoms with Gasteiger partial charge in [-0.05, 0) is 41.5 Å². The summed E-state index contributed by atoms with van der Waals surface area (Å²) in [6, 6.07) is 16.2. The fraction of sp³-hybridized carbons (Fsp3) is 0. The van der Waals surface area contributed by atoms with Crippen molar-refractivity contribution >= 4 is 24.0 Å². The van der Waals surface area contributed by atoms with Crippen LogP contribution in [0.15, 0.2) is 84.2 Å². The first kappa shape index (κ1) is 18.8. The van der Waals surface area contributed by atoms with Gasteiger partial charge in [-0.25, -0.2) is 9.82 Å². The minimum atomic E-state index is -0.544. The molecule has 1 N–H and O–H groups in total. The molecule has 138 valence electrons. The summed E-state index contributed by atoms with van der Waals surface area (Å²) in [6.07, 6.45) is 7.51. The number of rotatable bonds is 6. The van der Waals surface area contributed by atoms with Crippen molar-refractivity contribution in [2.45, 2.75) is 0 Å². The van der Waals surface area contributed by atoms with Gasteiger partial charge in [-0.3, -0.25) is 14.6 Å². The van der Waals surface area contributed by atoms with Gasteiger partial charge in [-0.15, -0.1) is 0 Å². The Labute approximate surface area is 161 Å². The number of hydrazone groups is 1. The highest BCUT2D eigenvalue weighted by Crippen LogP contribution is 2.10. The van der Waals surface area contributed by atoms with Crippen LogP contribution in [0, 0.1) is 5.82 Å². The molecule has 28 heavy (non-hydrogen) atoms. The maximum absolute atomic E-state index is 13.6. The van der Waals surface area contributed by atoms with Gasteiger partial charge in [0.2, 0.25) is 0 Å². The second kappa shape index (κ2) is 9.14. The van der Waals surface area contributed by atoms with Crippen LogP contribution < -0.4 is 5.43 Å². The van der Waals surface area contributed by atoms with Crippen LogP contribution in [-0.2, 0) is 0 Å². The highest BCUT2D eigenvalue weighted by Gasteiger charge is 2.07. The minimum absolute atomic E-state index is 0.0347. The van der Waals surface area contributed by atoms with E-state index in [1.165, 1.54) is 42.9 Å². The second-order valence-corrected chi connectivity index (χ2v) is 5.78. The number of allylic oxidation sites excluding steroid dienone is 1. The zero-order valence-corrected chi connectivity index (χ0v) is 14.7. The standard InChI is InChI=1S/C22H16FN3O2/c23-20-4-2-1-3-19(20)21(27)10-9-16-5-7-17(8-6-16)15-25-26-22(28)18-11-13-24-14-12-18/h1-15H,(H,26,28)/b10-9+,25-15+. The monoisotopic (exact) mass is 373 g/mol. The van der Waals surface area contributed by atoms with E-state index in [1.807, 2.05) is 0 Å². The Morgan fingerprint density at radius 1 is 0.929 bits per heavy atom. The molecule has 6 heteroatoms. The number of nitrogens with zero attached hydrogens (tertiary/aromatic N) is 2. The van der Waals surface area contributed by atoms with Crippen LogP contribution in [-0.4, -0.2) is 22.9 Å². The van der Waals surface area contributed by atoms with Crippen LogP contribution in [0.3, 0.4) is 0 Å². The van der Waals surface area contributed by atoms with E-state index in [1.54, 1.807) is 48.5 Å². The van der Waals surface area contributed by atoms with Gasteiger partial charge < -0.3 is 0 Å². The third-order valence-corrected chi connectivity index (χ3v) is 3.83. The Balaban J connectivity index is 1.58. The van der Waals surface area contributed by atoms with E-state index in [4.69, 9.17) is 0 Å². The molecule has 3 aromatic rings. The lowest BCUT2D eigenvalue weighted by molar-refractivity contribution is 0.0954. The molecule has 0 aliphatic rings. The third-order valence-electron chi connectivity index (χ3n) is 3.83. The Bertz CT molecular complexity index is 1030. The number of halogens is 1. The van der Waals surface area contributed by atoms with Crippen molar-refractivity contribution in [1.29, 1.82) is 0 Å². The first-order valence-electron chi connectivity index (χ1n) is 8.44. The van der Waals surface area contributed by atoms with Gasteiger partial charge in [0.15, 0.2) is 5.78 Å². The van der Waals surface area contributed by atoms with Crippen molar-refractivity contribution in [2.75, 3.05) is 0 Å². The summed E-state index contributed by atoms with van der Waals surface area (Å²) < 4.78 is 13.6. The maximum atomic E-state index is 13.6. The molecular weight excluding hydrogens is 357 g/mol. The Morgan fingerprint density at radius 2 is 1.61 bits per heavy atom. The summed E-state index contributed by atoms with van der Waals surface area (Å²) in [7, 11) is 0. The van der Waals surface area contributed by atoms with E-state index in [0.29, 0.717) is 5.56 Å². The van der Waals surface area contributed by atoms with E-state index < -0.39 is 11.6 Å². The van der Waals surface area contributed by atoms with Gasteiger partial charge in [0, 0.05) is 18.0 Å². The van der Waals surface area contributed by atoms with E-state index >= 15 is 0 Å². The number of hydrogen-bond donors (Lipinski definition) is 1. The SMILES string of the molecule is O=C(N/N=C/c1ccc(/C=C/C(=O)c2ccccc2F)cc1)c1ccncc1. The molecule has 0 aliphatic carbocycles. The Kier molecular flexibility index (Phi) is 6.15. The summed E-state index contributed by atoms with van der Waals surface area (Å²) >= 11 is 0. The molecule has 0 atom stereocenters. The van der Waals surface area contributed by atoms with Gasteiger partial charge in [-0.1, -0.05) is 42.5 Å². The Hall–Kier alpha value is -3.93. The normalized spacial score (nSPS) is 11.0. The van der Waals surface area contributed by atoms with Gasteiger partial charge in [-0.2, -0.15) is 5.10 Å². The second-order valence-electron chi connectivity index (χ2n) is 5.78. The smallest absolute Gasteiger partial charge is 0.271 e. The molecule has 0 bridgehead atoms. The molecule has 5 nitrogen and oxygen atoms in total. The first-order valence-corrected chi connectivity index (χ1v) is 8.44. The summed E-state index contributed by atoms with van der Waals surface area (Å²) in [5, 5.41) is 3.91. The molecular formula is C22H16FN3O2. The topological polar surface area (TPSA) is 71.4 Å². The fourth-order valence-electron chi connectivity index (χ4n) is 2.35. The van der Waals surface area contributed by atoms with Gasteiger partial charge in [0.05, 0.1) is 11.8 Å². The van der Waals surface area contributed by atoms with Crippen molar-refractivity contribution in [1.82, 2.24) is 10.4 Å². The summed E-state index contributed by atoms with van der Waals surface area (Å²) in [4.78, 5) is 27.7. The highest BCUT2D eigenvalue weighted by atomic mass is 19.1. The molecule has 3 rings (SSSR count). The average Bonchev–Trinajstić information content (AvgIpc) is 2.74. The number of carbonyl (C=O) groups is 2.